The Bertz CT molecular complexity index is 196. The van der Waals surface area contributed by atoms with E-state index in [2.05, 4.69) is 27.8 Å². The minimum Gasteiger partial charge on any atom is -0.444 e. The third-order valence-corrected chi connectivity index (χ3v) is 1.46. The van der Waals surface area contributed by atoms with Crippen molar-refractivity contribution in [2.45, 2.75) is 32.8 Å². The monoisotopic (exact) mass is 249 g/mol. The number of hydrogen-bond donors (Lipinski definition) is 1. The van der Waals surface area contributed by atoms with Gasteiger partial charge in [0.1, 0.15) is 5.60 Å². The molecule has 4 heteroatoms. The number of ether oxygens (including phenoxy) is 1. The molecule has 3 nitrogen and oxygen atoms in total. The van der Waals surface area contributed by atoms with E-state index in [-0.39, 0.29) is 6.09 Å². The third-order valence-electron chi connectivity index (χ3n) is 1.06. The second-order valence-electron chi connectivity index (χ2n) is 3.70. The summed E-state index contributed by atoms with van der Waals surface area (Å²) >= 11 is 3.20. The number of carbonyl (C=O) groups excluding carboxylic acids is 1. The van der Waals surface area contributed by atoms with Gasteiger partial charge < -0.3 is 10.1 Å². The van der Waals surface area contributed by atoms with Gasteiger partial charge in [-0.1, -0.05) is 22.5 Å². The Morgan fingerprint density at radius 3 is 2.46 bits per heavy atom. The van der Waals surface area contributed by atoms with Gasteiger partial charge in [0.25, 0.3) is 0 Å². The summed E-state index contributed by atoms with van der Waals surface area (Å²) in [6.07, 6.45) is 0.320. The van der Waals surface area contributed by atoms with Gasteiger partial charge >= 0.3 is 6.09 Å². The molecule has 0 aromatic carbocycles. The van der Waals surface area contributed by atoms with Gasteiger partial charge in [0.2, 0.25) is 0 Å². The van der Waals surface area contributed by atoms with E-state index in [9.17, 15) is 4.79 Å². The molecule has 0 aliphatic rings. The molecule has 0 atom stereocenters. The van der Waals surface area contributed by atoms with E-state index in [0.717, 1.165) is 4.48 Å². The van der Waals surface area contributed by atoms with E-state index < -0.39 is 5.60 Å². The third kappa shape index (κ3) is 9.40. The summed E-state index contributed by atoms with van der Waals surface area (Å²) in [6.45, 7) is 9.68. The number of alkyl carbamates (subject to hydrolysis) is 1. The first kappa shape index (κ1) is 12.5. The minimum absolute atomic E-state index is 0.388. The highest BCUT2D eigenvalue weighted by Crippen LogP contribution is 2.07. The van der Waals surface area contributed by atoms with Gasteiger partial charge in [-0.25, -0.2) is 4.79 Å². The maximum absolute atomic E-state index is 11.1. The Morgan fingerprint density at radius 1 is 1.54 bits per heavy atom. The average Bonchev–Trinajstić information content (AvgIpc) is 1.81. The van der Waals surface area contributed by atoms with Crippen LogP contribution in [0.2, 0.25) is 0 Å². The lowest BCUT2D eigenvalue weighted by Crippen LogP contribution is -2.32. The fourth-order valence-electron chi connectivity index (χ4n) is 0.614. The molecule has 76 valence electrons. The van der Waals surface area contributed by atoms with Crippen molar-refractivity contribution in [3.05, 3.63) is 11.1 Å². The first-order valence-corrected chi connectivity index (χ1v) is 4.91. The summed E-state index contributed by atoms with van der Waals surface area (Å²) in [6, 6.07) is 0. The van der Waals surface area contributed by atoms with Gasteiger partial charge in [0.15, 0.2) is 0 Å². The summed E-state index contributed by atoms with van der Waals surface area (Å²) in [7, 11) is 0. The molecule has 1 N–H and O–H groups in total. The van der Waals surface area contributed by atoms with Crippen molar-refractivity contribution in [1.29, 1.82) is 0 Å². The van der Waals surface area contributed by atoms with Gasteiger partial charge in [-0.2, -0.15) is 0 Å². The van der Waals surface area contributed by atoms with Crippen molar-refractivity contribution in [3.63, 3.8) is 0 Å². The molecule has 0 saturated carbocycles. The highest BCUT2D eigenvalue weighted by atomic mass is 79.9. The van der Waals surface area contributed by atoms with Crippen molar-refractivity contribution in [2.75, 3.05) is 6.54 Å². The second-order valence-corrected chi connectivity index (χ2v) is 4.82. The number of rotatable bonds is 3. The van der Waals surface area contributed by atoms with Crippen LogP contribution in [0, 0.1) is 0 Å². The molecule has 1 amide bonds. The minimum atomic E-state index is -0.435. The Morgan fingerprint density at radius 2 is 2.08 bits per heavy atom. The Hall–Kier alpha value is -0.510. The molecule has 0 rings (SSSR count). The number of hydrogen-bond acceptors (Lipinski definition) is 2. The molecular weight excluding hydrogens is 234 g/mol. The fourth-order valence-corrected chi connectivity index (χ4v) is 0.813. The van der Waals surface area contributed by atoms with Crippen molar-refractivity contribution in [1.82, 2.24) is 5.32 Å². The normalized spacial score (nSPS) is 10.8. The van der Waals surface area contributed by atoms with E-state index in [1.165, 1.54) is 0 Å². The molecular formula is C9H16BrNO2. The topological polar surface area (TPSA) is 38.3 Å². The van der Waals surface area contributed by atoms with E-state index >= 15 is 0 Å². The first-order valence-electron chi connectivity index (χ1n) is 4.11. The zero-order valence-corrected chi connectivity index (χ0v) is 9.90. The number of amides is 1. The quantitative estimate of drug-likeness (QED) is 0.836. The maximum Gasteiger partial charge on any atom is 0.407 e. The van der Waals surface area contributed by atoms with Crippen LogP contribution in [0.25, 0.3) is 0 Å². The lowest BCUT2D eigenvalue weighted by molar-refractivity contribution is 0.0529. The molecule has 0 aliphatic carbocycles. The summed E-state index contributed by atoms with van der Waals surface area (Å²) < 4.78 is 5.89. The van der Waals surface area contributed by atoms with Crippen LogP contribution in [0.3, 0.4) is 0 Å². The van der Waals surface area contributed by atoms with Crippen molar-refractivity contribution in [2.24, 2.45) is 0 Å². The summed E-state index contributed by atoms with van der Waals surface area (Å²) in [5.41, 5.74) is -0.435. The number of nitrogens with one attached hydrogen (secondary N) is 1. The smallest absolute Gasteiger partial charge is 0.407 e. The van der Waals surface area contributed by atoms with Crippen LogP contribution in [0.15, 0.2) is 11.1 Å². The SMILES string of the molecule is C=C(Br)CCNC(=O)OC(C)(C)C. The van der Waals surface area contributed by atoms with E-state index in [1.54, 1.807) is 0 Å². The Kier molecular flexibility index (Phi) is 5.06. The van der Waals surface area contributed by atoms with E-state index in [0.29, 0.717) is 13.0 Å². The predicted octanol–water partition coefficient (Wildman–Crippen LogP) is 2.81. The molecule has 0 aliphatic heterocycles. The van der Waals surface area contributed by atoms with Gasteiger partial charge in [-0.15, -0.1) is 0 Å². The maximum atomic E-state index is 11.1. The molecule has 13 heavy (non-hydrogen) atoms. The van der Waals surface area contributed by atoms with Crippen LogP contribution < -0.4 is 5.32 Å². The summed E-state index contributed by atoms with van der Waals surface area (Å²) in [5.74, 6) is 0. The highest BCUT2D eigenvalue weighted by Gasteiger charge is 2.15. The molecule has 0 saturated heterocycles. The van der Waals surface area contributed by atoms with Crippen LogP contribution in [0.4, 0.5) is 4.79 Å². The van der Waals surface area contributed by atoms with Crippen LogP contribution >= 0.6 is 15.9 Å². The lowest BCUT2D eigenvalue weighted by Gasteiger charge is -2.19. The fraction of sp³-hybridized carbons (Fsp3) is 0.667. The molecule has 0 fully saturated rings. The molecule has 0 heterocycles. The zero-order chi connectivity index (χ0) is 10.5. The van der Waals surface area contributed by atoms with E-state index in [4.69, 9.17) is 4.74 Å². The number of carbonyl (C=O) groups is 1. The summed E-state index contributed by atoms with van der Waals surface area (Å²) in [4.78, 5) is 11.1. The Labute approximate surface area is 87.7 Å². The molecule has 0 aromatic heterocycles. The van der Waals surface area contributed by atoms with Gasteiger partial charge in [0, 0.05) is 6.54 Å². The first-order chi connectivity index (χ1) is 5.81. The molecule has 0 radical (unpaired) electrons. The zero-order valence-electron chi connectivity index (χ0n) is 8.32. The van der Waals surface area contributed by atoms with Gasteiger partial charge in [-0.05, 0) is 31.7 Å². The number of halogens is 1. The van der Waals surface area contributed by atoms with E-state index in [1.807, 2.05) is 20.8 Å². The van der Waals surface area contributed by atoms with Crippen molar-refractivity contribution >= 4 is 22.0 Å². The van der Waals surface area contributed by atoms with Crippen molar-refractivity contribution in [3.8, 4) is 0 Å². The molecule has 0 spiro atoms. The van der Waals surface area contributed by atoms with Gasteiger partial charge in [0.05, 0.1) is 0 Å². The van der Waals surface area contributed by atoms with Crippen molar-refractivity contribution < 1.29 is 9.53 Å². The molecule has 0 bridgehead atoms. The average molecular weight is 250 g/mol. The Balaban J connectivity index is 3.59. The van der Waals surface area contributed by atoms with Crippen LogP contribution in [-0.4, -0.2) is 18.2 Å². The standard InChI is InChI=1S/C9H16BrNO2/c1-7(10)5-6-11-8(12)13-9(2,3)4/h1,5-6H2,2-4H3,(H,11,12). The molecule has 0 unspecified atom stereocenters. The second kappa shape index (κ2) is 5.27. The lowest BCUT2D eigenvalue weighted by atomic mass is 10.2. The highest BCUT2D eigenvalue weighted by molar-refractivity contribution is 9.11. The molecule has 0 aromatic rings. The van der Waals surface area contributed by atoms with Crippen LogP contribution in [0.5, 0.6) is 0 Å². The van der Waals surface area contributed by atoms with Gasteiger partial charge in [-0.3, -0.25) is 0 Å². The predicted molar refractivity (Wildman–Crippen MR) is 56.9 cm³/mol. The van der Waals surface area contributed by atoms with Crippen LogP contribution in [-0.2, 0) is 4.74 Å². The largest absolute Gasteiger partial charge is 0.444 e. The van der Waals surface area contributed by atoms with Crippen LogP contribution in [0.1, 0.15) is 27.2 Å². The summed E-state index contributed by atoms with van der Waals surface area (Å²) in [5, 5.41) is 2.62.